The van der Waals surface area contributed by atoms with Gasteiger partial charge in [-0.25, -0.2) is 24.3 Å². The van der Waals surface area contributed by atoms with Gasteiger partial charge in [-0.05, 0) is 32.9 Å². The molecule has 29 heavy (non-hydrogen) atoms. The summed E-state index contributed by atoms with van der Waals surface area (Å²) in [5, 5.41) is 4.42. The second-order valence-electron chi connectivity index (χ2n) is 7.49. The number of benzene rings is 1. The van der Waals surface area contributed by atoms with Crippen molar-refractivity contribution < 1.29 is 4.39 Å². The van der Waals surface area contributed by atoms with E-state index in [1.807, 2.05) is 44.5 Å². The van der Waals surface area contributed by atoms with Gasteiger partial charge in [0.15, 0.2) is 5.82 Å². The Morgan fingerprint density at radius 2 is 1.72 bits per heavy atom. The molecular formula is C20H21FN8. The van der Waals surface area contributed by atoms with Crippen LogP contribution in [0.4, 0.5) is 10.2 Å². The van der Waals surface area contributed by atoms with Crippen LogP contribution >= 0.6 is 0 Å². The Balaban J connectivity index is 1.42. The number of nitrogens with zero attached hydrogens (tertiary/aromatic N) is 8. The van der Waals surface area contributed by atoms with Crippen molar-refractivity contribution in [3.63, 3.8) is 0 Å². The van der Waals surface area contributed by atoms with Gasteiger partial charge >= 0.3 is 0 Å². The van der Waals surface area contributed by atoms with E-state index >= 15 is 0 Å². The number of halogens is 1. The molecule has 9 heteroatoms. The van der Waals surface area contributed by atoms with Crippen molar-refractivity contribution >= 4 is 16.9 Å². The quantitative estimate of drug-likeness (QED) is 0.533. The summed E-state index contributed by atoms with van der Waals surface area (Å²) in [7, 11) is 1.87. The Morgan fingerprint density at radius 3 is 2.41 bits per heavy atom. The number of hydrogen-bond acceptors (Lipinski definition) is 6. The fraction of sp³-hybridized carbons (Fsp3) is 0.350. The molecule has 0 spiro atoms. The molecule has 0 N–H and O–H groups in total. The van der Waals surface area contributed by atoms with Crippen LogP contribution in [0.25, 0.3) is 16.9 Å². The number of aromatic nitrogens is 7. The number of rotatable bonds is 3. The molecule has 4 aromatic rings. The van der Waals surface area contributed by atoms with E-state index in [4.69, 9.17) is 0 Å². The Morgan fingerprint density at radius 1 is 0.966 bits per heavy atom. The molecule has 3 aromatic heterocycles. The smallest absolute Gasteiger partial charge is 0.161 e. The number of fused-ring (bicyclic) bond motifs is 1. The molecule has 0 amide bonds. The fourth-order valence-corrected chi connectivity index (χ4v) is 3.98. The third-order valence-corrected chi connectivity index (χ3v) is 5.35. The number of aryl methyl sites for hydroxylation is 4. The van der Waals surface area contributed by atoms with Gasteiger partial charge in [0.2, 0.25) is 0 Å². The van der Waals surface area contributed by atoms with Crippen LogP contribution < -0.4 is 4.90 Å². The lowest BCUT2D eigenvalue weighted by Gasteiger charge is -2.39. The molecular weight excluding hydrogens is 371 g/mol. The maximum absolute atomic E-state index is 14.2. The van der Waals surface area contributed by atoms with Crippen molar-refractivity contribution in [2.75, 3.05) is 18.0 Å². The summed E-state index contributed by atoms with van der Waals surface area (Å²) in [6.45, 7) is 7.17. The number of anilines is 1. The van der Waals surface area contributed by atoms with Crippen LogP contribution in [-0.2, 0) is 7.05 Å². The fourth-order valence-electron chi connectivity index (χ4n) is 3.98. The summed E-state index contributed by atoms with van der Waals surface area (Å²) in [5.74, 6) is 4.61. The molecule has 0 saturated carbocycles. The third-order valence-electron chi connectivity index (χ3n) is 5.35. The lowest BCUT2D eigenvalue weighted by molar-refractivity contribution is 0.484. The zero-order chi connectivity index (χ0) is 20.3. The summed E-state index contributed by atoms with van der Waals surface area (Å²) in [4.78, 5) is 20.3. The molecule has 4 heterocycles. The predicted molar refractivity (Wildman–Crippen MR) is 107 cm³/mol. The number of para-hydroxylation sites is 1. The molecule has 1 aliphatic heterocycles. The maximum Gasteiger partial charge on any atom is 0.161 e. The van der Waals surface area contributed by atoms with E-state index in [9.17, 15) is 4.39 Å². The van der Waals surface area contributed by atoms with Crippen LogP contribution in [0.2, 0.25) is 0 Å². The Hall–Kier alpha value is -3.36. The summed E-state index contributed by atoms with van der Waals surface area (Å²) >= 11 is 0. The van der Waals surface area contributed by atoms with Gasteiger partial charge in [-0.15, -0.1) is 5.10 Å². The second kappa shape index (κ2) is 6.33. The molecule has 1 saturated heterocycles. The van der Waals surface area contributed by atoms with Crippen molar-refractivity contribution in [3.8, 4) is 5.82 Å². The highest BCUT2D eigenvalue weighted by Gasteiger charge is 2.33. The van der Waals surface area contributed by atoms with E-state index in [-0.39, 0.29) is 11.7 Å². The average molecular weight is 392 g/mol. The van der Waals surface area contributed by atoms with E-state index in [0.717, 1.165) is 30.6 Å². The largest absolute Gasteiger partial charge is 0.355 e. The highest BCUT2D eigenvalue weighted by atomic mass is 19.1. The van der Waals surface area contributed by atoms with E-state index in [2.05, 4.69) is 29.9 Å². The SMILES string of the molecule is Cc1nc(N2CC(c3nc4cccc(F)c4n3C)C2)cc(-n2nc(C)nc2C)n1. The van der Waals surface area contributed by atoms with Gasteiger partial charge < -0.3 is 9.47 Å². The minimum atomic E-state index is -0.241. The van der Waals surface area contributed by atoms with E-state index in [0.29, 0.717) is 28.5 Å². The first kappa shape index (κ1) is 17.7. The van der Waals surface area contributed by atoms with Crippen LogP contribution in [0.3, 0.4) is 0 Å². The van der Waals surface area contributed by atoms with Gasteiger partial charge in [0.05, 0.1) is 11.4 Å². The summed E-state index contributed by atoms with van der Waals surface area (Å²) in [5.41, 5.74) is 1.25. The Kier molecular flexibility index (Phi) is 3.87. The lowest BCUT2D eigenvalue weighted by atomic mass is 9.99. The van der Waals surface area contributed by atoms with Gasteiger partial charge in [0.1, 0.15) is 40.4 Å². The monoisotopic (exact) mass is 392 g/mol. The second-order valence-corrected chi connectivity index (χ2v) is 7.49. The minimum Gasteiger partial charge on any atom is -0.355 e. The topological polar surface area (TPSA) is 77.5 Å². The van der Waals surface area contributed by atoms with Gasteiger partial charge in [-0.3, -0.25) is 0 Å². The van der Waals surface area contributed by atoms with Crippen LogP contribution in [-0.4, -0.2) is 47.4 Å². The molecule has 0 radical (unpaired) electrons. The van der Waals surface area contributed by atoms with Crippen molar-refractivity contribution in [1.82, 2.24) is 34.3 Å². The van der Waals surface area contributed by atoms with E-state index in [1.54, 1.807) is 10.7 Å². The van der Waals surface area contributed by atoms with Crippen LogP contribution in [0.15, 0.2) is 24.3 Å². The highest BCUT2D eigenvalue weighted by molar-refractivity contribution is 5.76. The molecule has 1 aromatic carbocycles. The van der Waals surface area contributed by atoms with Gasteiger partial charge in [0.25, 0.3) is 0 Å². The molecule has 8 nitrogen and oxygen atoms in total. The average Bonchev–Trinajstić information content (AvgIpc) is 3.13. The molecule has 0 unspecified atom stereocenters. The number of hydrogen-bond donors (Lipinski definition) is 0. The summed E-state index contributed by atoms with van der Waals surface area (Å²) in [6.07, 6.45) is 0. The molecule has 0 atom stereocenters. The van der Waals surface area contributed by atoms with Crippen molar-refractivity contribution in [2.24, 2.45) is 7.05 Å². The Bertz CT molecular complexity index is 1230. The zero-order valence-corrected chi connectivity index (χ0v) is 16.8. The molecule has 0 bridgehead atoms. The summed E-state index contributed by atoms with van der Waals surface area (Å²) < 4.78 is 17.8. The molecule has 148 valence electrons. The lowest BCUT2D eigenvalue weighted by Crippen LogP contribution is -2.46. The maximum atomic E-state index is 14.2. The van der Waals surface area contributed by atoms with E-state index < -0.39 is 0 Å². The van der Waals surface area contributed by atoms with E-state index in [1.165, 1.54) is 6.07 Å². The molecule has 5 rings (SSSR count). The minimum absolute atomic E-state index is 0.223. The van der Waals surface area contributed by atoms with Crippen LogP contribution in [0, 0.1) is 26.6 Å². The van der Waals surface area contributed by atoms with Crippen molar-refractivity contribution in [1.29, 1.82) is 0 Å². The van der Waals surface area contributed by atoms with Gasteiger partial charge in [-0.1, -0.05) is 6.07 Å². The van der Waals surface area contributed by atoms with Gasteiger partial charge in [-0.2, -0.15) is 4.68 Å². The molecule has 0 aliphatic carbocycles. The van der Waals surface area contributed by atoms with Gasteiger partial charge in [0, 0.05) is 26.2 Å². The molecule has 1 fully saturated rings. The van der Waals surface area contributed by atoms with Crippen LogP contribution in [0.5, 0.6) is 0 Å². The first-order valence-electron chi connectivity index (χ1n) is 9.53. The first-order valence-corrected chi connectivity index (χ1v) is 9.53. The number of imidazole rings is 1. The Labute approximate surface area is 167 Å². The van der Waals surface area contributed by atoms with Crippen molar-refractivity contribution in [2.45, 2.75) is 26.7 Å². The third kappa shape index (κ3) is 2.84. The normalized spacial score (nSPS) is 14.6. The zero-order valence-electron chi connectivity index (χ0n) is 16.8. The highest BCUT2D eigenvalue weighted by Crippen LogP contribution is 2.32. The van der Waals surface area contributed by atoms with Crippen molar-refractivity contribution in [3.05, 3.63) is 53.4 Å². The molecule has 1 aliphatic rings. The summed E-state index contributed by atoms with van der Waals surface area (Å²) in [6, 6.07) is 6.94. The first-order chi connectivity index (χ1) is 13.9. The van der Waals surface area contributed by atoms with Crippen LogP contribution in [0.1, 0.15) is 29.2 Å². The predicted octanol–water partition coefficient (Wildman–Crippen LogP) is 2.61. The standard InChI is InChI=1S/C20H21FN8/c1-11-23-17(8-18(24-11)29-13(3)22-12(2)26-29)28-9-14(10-28)20-25-16-7-5-6-15(21)19(16)27(20)4/h5-8,14H,9-10H2,1-4H3.